The van der Waals surface area contributed by atoms with Crippen molar-refractivity contribution < 1.29 is 9.90 Å². The molecule has 4 fully saturated rings. The van der Waals surface area contributed by atoms with Crippen molar-refractivity contribution in [2.75, 3.05) is 13.1 Å². The molecule has 5 atom stereocenters. The number of nitrogens with zero attached hydrogens (tertiary/aromatic N) is 1. The van der Waals surface area contributed by atoms with Crippen LogP contribution in [0.5, 0.6) is 0 Å². The molecule has 2 heterocycles. The fraction of sp³-hybridized carbons (Fsp3) is 0.800. The highest BCUT2D eigenvalue weighted by molar-refractivity contribution is 5.87. The Hall–Kier alpha value is -1.43. The molecule has 224 valence electrons. The lowest BCUT2D eigenvalue weighted by Gasteiger charge is -2.61. The van der Waals surface area contributed by atoms with Gasteiger partial charge in [0.1, 0.15) is 0 Å². The Morgan fingerprint density at radius 3 is 2.25 bits per heavy atom. The molecule has 0 amide bonds. The summed E-state index contributed by atoms with van der Waals surface area (Å²) in [5, 5.41) is 18.1. The lowest BCUT2D eigenvalue weighted by Crippen LogP contribution is -2.74. The van der Waals surface area contributed by atoms with E-state index in [0.29, 0.717) is 41.1 Å². The highest BCUT2D eigenvalue weighted by Crippen LogP contribution is 2.51. The molecule has 2 saturated carbocycles. The van der Waals surface area contributed by atoms with Crippen molar-refractivity contribution in [2.45, 2.75) is 148 Å². The second-order valence-electron chi connectivity index (χ2n) is 15.2. The summed E-state index contributed by atoms with van der Waals surface area (Å²) in [5.41, 5.74) is 2.25. The minimum atomic E-state index is -0.840. The van der Waals surface area contributed by atoms with E-state index in [1.165, 1.54) is 89.2 Å². The highest BCUT2D eigenvalue weighted by atomic mass is 16.4. The molecule has 1 aromatic carbocycles. The zero-order chi connectivity index (χ0) is 28.5. The summed E-state index contributed by atoms with van der Waals surface area (Å²) in [6.45, 7) is 14.7. The van der Waals surface area contributed by atoms with Crippen LogP contribution in [0.25, 0.3) is 0 Å². The first-order valence-electron chi connectivity index (χ1n) is 16.7. The number of nitrogens with one attached hydrogen (secondary N) is 2. The number of hydrogen-bond donors (Lipinski definition) is 3. The summed E-state index contributed by atoms with van der Waals surface area (Å²) in [6, 6.07) is 9.82. The van der Waals surface area contributed by atoms with E-state index >= 15 is 0 Å². The Bertz CT molecular complexity index is 998. The molecule has 0 bridgehead atoms. The van der Waals surface area contributed by atoms with E-state index in [-0.39, 0.29) is 11.0 Å². The van der Waals surface area contributed by atoms with Crippen molar-refractivity contribution in [3.63, 3.8) is 0 Å². The number of carboxylic acids is 1. The average molecular weight is 552 g/mol. The van der Waals surface area contributed by atoms with E-state index in [1.54, 1.807) is 0 Å². The zero-order valence-electron chi connectivity index (χ0n) is 26.1. The van der Waals surface area contributed by atoms with Gasteiger partial charge in [-0.05, 0) is 85.9 Å². The van der Waals surface area contributed by atoms with Crippen LogP contribution in [0, 0.1) is 16.7 Å². The monoisotopic (exact) mass is 551 g/mol. The molecule has 4 aliphatic rings. The van der Waals surface area contributed by atoms with Crippen LogP contribution in [0.4, 0.5) is 0 Å². The molecule has 3 N–H and O–H groups in total. The third-order valence-electron chi connectivity index (χ3n) is 11.6. The Kier molecular flexibility index (Phi) is 9.05. The first kappa shape index (κ1) is 30.0. The Labute approximate surface area is 244 Å². The fourth-order valence-electron chi connectivity index (χ4n) is 9.16. The van der Waals surface area contributed by atoms with Gasteiger partial charge in [-0.3, -0.25) is 4.90 Å². The molecule has 5 heteroatoms. The topological polar surface area (TPSA) is 64.6 Å². The predicted octanol–water partition coefficient (Wildman–Crippen LogP) is 7.35. The van der Waals surface area contributed by atoms with Crippen LogP contribution < -0.4 is 10.6 Å². The van der Waals surface area contributed by atoms with E-state index in [2.05, 4.69) is 62.3 Å². The van der Waals surface area contributed by atoms with Gasteiger partial charge in [0.2, 0.25) is 0 Å². The van der Waals surface area contributed by atoms with Crippen molar-refractivity contribution in [3.8, 4) is 0 Å². The highest BCUT2D eigenvalue weighted by Gasteiger charge is 2.55. The van der Waals surface area contributed by atoms with Gasteiger partial charge in [0.25, 0.3) is 0 Å². The fourth-order valence-corrected chi connectivity index (χ4v) is 9.16. The van der Waals surface area contributed by atoms with Crippen molar-refractivity contribution in [1.82, 2.24) is 15.5 Å². The molecule has 2 aliphatic carbocycles. The van der Waals surface area contributed by atoms with Crippen LogP contribution in [0.2, 0.25) is 0 Å². The molecule has 2 aliphatic heterocycles. The van der Waals surface area contributed by atoms with Crippen molar-refractivity contribution in [1.29, 1.82) is 0 Å². The summed E-state index contributed by atoms with van der Waals surface area (Å²) in [7, 11) is 0. The summed E-state index contributed by atoms with van der Waals surface area (Å²) in [5.74, 6) is -0.211. The van der Waals surface area contributed by atoms with Crippen molar-refractivity contribution in [2.24, 2.45) is 16.7 Å². The molecule has 0 spiro atoms. The summed E-state index contributed by atoms with van der Waals surface area (Å²) in [6.07, 6.45) is 16.8. The number of aromatic carboxylic acids is 1. The van der Waals surface area contributed by atoms with Crippen LogP contribution >= 0.6 is 0 Å². The zero-order valence-corrected chi connectivity index (χ0v) is 26.1. The molecule has 0 radical (unpaired) electrons. The van der Waals surface area contributed by atoms with Gasteiger partial charge in [0, 0.05) is 36.3 Å². The number of carbonyl (C=O) groups is 1. The maximum atomic E-state index is 11.6. The van der Waals surface area contributed by atoms with E-state index < -0.39 is 5.97 Å². The Morgan fingerprint density at radius 1 is 0.900 bits per heavy atom. The molecule has 5 unspecified atom stereocenters. The summed E-state index contributed by atoms with van der Waals surface area (Å²) < 4.78 is 0. The quantitative estimate of drug-likeness (QED) is 0.265. The third kappa shape index (κ3) is 5.90. The summed E-state index contributed by atoms with van der Waals surface area (Å²) in [4.78, 5) is 14.5. The maximum Gasteiger partial charge on any atom is 0.335 e. The largest absolute Gasteiger partial charge is 0.478 e. The molecule has 1 aromatic rings. The van der Waals surface area contributed by atoms with E-state index in [9.17, 15) is 9.90 Å². The molecular weight excluding hydrogens is 494 g/mol. The van der Waals surface area contributed by atoms with E-state index in [4.69, 9.17) is 0 Å². The first-order valence-corrected chi connectivity index (χ1v) is 16.7. The SMILES string of the molecule is CCCCCCCN1CC(C2CCC(c3ccc(C(=O)O)cc3)(C3CCCC3)N2)NC2C1C(C)(C)CCC2(C)C. The van der Waals surface area contributed by atoms with Gasteiger partial charge < -0.3 is 15.7 Å². The Balaban J connectivity index is 1.39. The van der Waals surface area contributed by atoms with Crippen LogP contribution in [0.3, 0.4) is 0 Å². The van der Waals surface area contributed by atoms with Crippen molar-refractivity contribution >= 4 is 5.97 Å². The standard InChI is InChI=1S/C35H57N3O2/c1-6-7-8-9-12-23-38-24-29(36-30-31(38)34(4,5)22-21-33(30,2)3)28-19-20-35(37-28,26-13-10-11-14-26)27-17-15-25(16-18-27)32(39)40/h15-18,26,28-31,36-37H,6-14,19-24H2,1-5H3,(H,39,40). The minimum absolute atomic E-state index is 0.0386. The van der Waals surface area contributed by atoms with Gasteiger partial charge in [-0.2, -0.15) is 0 Å². The van der Waals surface area contributed by atoms with Gasteiger partial charge in [0.15, 0.2) is 0 Å². The number of fused-ring (bicyclic) bond motifs is 1. The normalized spacial score (nSPS) is 34.1. The summed E-state index contributed by atoms with van der Waals surface area (Å²) >= 11 is 0. The van der Waals surface area contributed by atoms with Gasteiger partial charge >= 0.3 is 5.97 Å². The molecule has 2 saturated heterocycles. The maximum absolute atomic E-state index is 11.6. The first-order chi connectivity index (χ1) is 19.1. The third-order valence-corrected chi connectivity index (χ3v) is 11.6. The second kappa shape index (κ2) is 12.1. The number of carboxylic acid groups (broad SMARTS) is 1. The predicted molar refractivity (Wildman–Crippen MR) is 165 cm³/mol. The minimum Gasteiger partial charge on any atom is -0.478 e. The molecule has 40 heavy (non-hydrogen) atoms. The van der Waals surface area contributed by atoms with Gasteiger partial charge in [-0.1, -0.05) is 85.3 Å². The van der Waals surface area contributed by atoms with Crippen LogP contribution in [-0.2, 0) is 5.54 Å². The number of hydrogen-bond acceptors (Lipinski definition) is 4. The van der Waals surface area contributed by atoms with E-state index in [0.717, 1.165) is 13.0 Å². The van der Waals surface area contributed by atoms with Crippen LogP contribution in [0.15, 0.2) is 24.3 Å². The average Bonchev–Trinajstić information content (AvgIpc) is 3.63. The van der Waals surface area contributed by atoms with Crippen LogP contribution in [-0.4, -0.2) is 53.2 Å². The Morgan fingerprint density at radius 2 is 1.57 bits per heavy atom. The van der Waals surface area contributed by atoms with Gasteiger partial charge in [0.05, 0.1) is 5.56 Å². The number of rotatable bonds is 10. The molecule has 5 nitrogen and oxygen atoms in total. The van der Waals surface area contributed by atoms with E-state index in [1.807, 2.05) is 12.1 Å². The molecular formula is C35H57N3O2. The number of unbranched alkanes of at least 4 members (excludes halogenated alkanes) is 4. The van der Waals surface area contributed by atoms with Gasteiger partial charge in [-0.25, -0.2) is 4.79 Å². The van der Waals surface area contributed by atoms with Crippen molar-refractivity contribution in [3.05, 3.63) is 35.4 Å². The number of benzene rings is 1. The molecule has 5 rings (SSSR count). The lowest BCUT2D eigenvalue weighted by molar-refractivity contribution is -0.0716. The lowest BCUT2D eigenvalue weighted by atomic mass is 9.59. The molecule has 0 aromatic heterocycles. The smallest absolute Gasteiger partial charge is 0.335 e. The second-order valence-corrected chi connectivity index (χ2v) is 15.2. The number of piperazine rings is 1. The van der Waals surface area contributed by atoms with Crippen LogP contribution in [0.1, 0.15) is 134 Å². The van der Waals surface area contributed by atoms with Gasteiger partial charge in [-0.15, -0.1) is 0 Å².